The van der Waals surface area contributed by atoms with Gasteiger partial charge in [0.05, 0.1) is 6.10 Å². The molecule has 4 aliphatic carbocycles. The van der Waals surface area contributed by atoms with E-state index in [1.54, 1.807) is 6.92 Å². The van der Waals surface area contributed by atoms with E-state index in [1.807, 2.05) is 7.11 Å². The van der Waals surface area contributed by atoms with Gasteiger partial charge in [0.2, 0.25) is 0 Å². The molecule has 0 amide bonds. The van der Waals surface area contributed by atoms with Crippen LogP contribution in [0.2, 0.25) is 0 Å². The Bertz CT molecular complexity index is 557. The Morgan fingerprint density at radius 2 is 1.80 bits per heavy atom. The van der Waals surface area contributed by atoms with Crippen molar-refractivity contribution < 1.29 is 14.3 Å². The maximum atomic E-state index is 12.7. The van der Waals surface area contributed by atoms with Crippen LogP contribution in [0, 0.1) is 40.4 Å². The monoisotopic (exact) mass is 346 g/mol. The molecule has 0 N–H and O–H groups in total. The zero-order chi connectivity index (χ0) is 17.8. The minimum absolute atomic E-state index is 0.0282. The van der Waals surface area contributed by atoms with Gasteiger partial charge in [0.15, 0.2) is 0 Å². The third-order valence-electron chi connectivity index (χ3n) is 9.30. The molecular formula is C22H34O3. The second-order valence-corrected chi connectivity index (χ2v) is 9.75. The summed E-state index contributed by atoms with van der Waals surface area (Å²) in [7, 11) is 1.86. The third kappa shape index (κ3) is 2.33. The van der Waals surface area contributed by atoms with Crippen LogP contribution in [0.25, 0.3) is 0 Å². The lowest BCUT2D eigenvalue weighted by molar-refractivity contribution is -0.157. The Balaban J connectivity index is 1.67. The molecule has 140 valence electrons. The summed E-state index contributed by atoms with van der Waals surface area (Å²) in [6, 6.07) is 0. The Kier molecular flexibility index (Phi) is 4.38. The second-order valence-electron chi connectivity index (χ2n) is 9.75. The average molecular weight is 347 g/mol. The van der Waals surface area contributed by atoms with Crippen molar-refractivity contribution in [1.82, 2.24) is 0 Å². The predicted octanol–water partition coefficient (Wildman–Crippen LogP) is 4.43. The maximum absolute atomic E-state index is 12.7. The van der Waals surface area contributed by atoms with E-state index in [9.17, 15) is 9.59 Å². The fraction of sp³-hybridized carbons (Fsp3) is 0.909. The molecule has 3 nitrogen and oxygen atoms in total. The predicted molar refractivity (Wildman–Crippen MR) is 97.1 cm³/mol. The number of ketones is 1. The quantitative estimate of drug-likeness (QED) is 0.710. The van der Waals surface area contributed by atoms with Gasteiger partial charge in [-0.25, -0.2) is 0 Å². The van der Waals surface area contributed by atoms with Gasteiger partial charge >= 0.3 is 0 Å². The van der Waals surface area contributed by atoms with E-state index in [1.165, 1.54) is 32.1 Å². The summed E-state index contributed by atoms with van der Waals surface area (Å²) >= 11 is 0. The number of ether oxygens (including phenoxy) is 1. The molecule has 4 aliphatic rings. The summed E-state index contributed by atoms with van der Waals surface area (Å²) in [5.41, 5.74) is 0.0332. The molecule has 0 bridgehead atoms. The molecule has 0 aromatic rings. The smallest absolute Gasteiger partial charge is 0.136 e. The van der Waals surface area contributed by atoms with E-state index in [0.717, 1.165) is 37.9 Å². The fourth-order valence-corrected chi connectivity index (χ4v) is 8.11. The molecule has 0 heterocycles. The Labute approximate surface area is 152 Å². The van der Waals surface area contributed by atoms with Crippen molar-refractivity contribution in [2.24, 2.45) is 40.4 Å². The first-order valence-electron chi connectivity index (χ1n) is 10.5. The summed E-state index contributed by atoms with van der Waals surface area (Å²) in [6.07, 6.45) is 11.9. The molecule has 0 unspecified atom stereocenters. The Morgan fingerprint density at radius 3 is 2.48 bits per heavy atom. The van der Waals surface area contributed by atoms with Crippen LogP contribution in [0.1, 0.15) is 71.6 Å². The number of fused-ring (bicyclic) bond motifs is 5. The molecule has 0 aromatic carbocycles. The molecule has 4 fully saturated rings. The number of methoxy groups -OCH3 is 1. The van der Waals surface area contributed by atoms with Crippen LogP contribution in [-0.2, 0) is 14.3 Å². The van der Waals surface area contributed by atoms with Gasteiger partial charge < -0.3 is 9.53 Å². The van der Waals surface area contributed by atoms with Gasteiger partial charge in [0, 0.05) is 18.4 Å². The molecule has 0 aliphatic heterocycles. The molecule has 0 aromatic heterocycles. The van der Waals surface area contributed by atoms with Crippen molar-refractivity contribution in [2.45, 2.75) is 77.7 Å². The summed E-state index contributed by atoms with van der Waals surface area (Å²) in [6.45, 7) is 4.27. The molecule has 8 atom stereocenters. The first-order chi connectivity index (χ1) is 12.0. The minimum Gasteiger partial charge on any atom is -0.381 e. The van der Waals surface area contributed by atoms with E-state index in [0.29, 0.717) is 29.3 Å². The summed E-state index contributed by atoms with van der Waals surface area (Å²) in [5, 5.41) is 0. The van der Waals surface area contributed by atoms with Gasteiger partial charge in [-0.05, 0) is 93.8 Å². The molecule has 4 rings (SSSR count). The maximum Gasteiger partial charge on any atom is 0.136 e. The molecular weight excluding hydrogens is 312 g/mol. The molecule has 0 radical (unpaired) electrons. The van der Waals surface area contributed by atoms with E-state index < -0.39 is 0 Å². The van der Waals surface area contributed by atoms with Crippen molar-refractivity contribution in [3.05, 3.63) is 0 Å². The van der Waals surface area contributed by atoms with Crippen LogP contribution in [0.15, 0.2) is 0 Å². The topological polar surface area (TPSA) is 43.4 Å². The Morgan fingerprint density at radius 1 is 1.04 bits per heavy atom. The Hall–Kier alpha value is -0.700. The van der Waals surface area contributed by atoms with Crippen molar-refractivity contribution in [3.8, 4) is 0 Å². The first kappa shape index (κ1) is 17.7. The van der Waals surface area contributed by atoms with Gasteiger partial charge in [-0.1, -0.05) is 6.92 Å². The highest BCUT2D eigenvalue weighted by Crippen LogP contribution is 2.67. The number of aldehydes is 1. The lowest BCUT2D eigenvalue weighted by atomic mass is 9.44. The van der Waals surface area contributed by atoms with Crippen LogP contribution in [0.5, 0.6) is 0 Å². The van der Waals surface area contributed by atoms with Crippen molar-refractivity contribution >= 4 is 12.1 Å². The van der Waals surface area contributed by atoms with Crippen LogP contribution in [0.4, 0.5) is 0 Å². The first-order valence-corrected chi connectivity index (χ1v) is 10.5. The highest BCUT2D eigenvalue weighted by atomic mass is 16.5. The standard InChI is InChI=1S/C22H34O3/c1-14(24)22-11-10-19-18(20(22)9-6-16(22)13-23)8-5-15-4-7-17(25-3)12-21(15,19)2/h13,15-20H,4-12H2,1-3H3/t15-,16-,17-,18-,19+,20+,21+,22+/m1/s1. The molecule has 0 saturated heterocycles. The highest BCUT2D eigenvalue weighted by molar-refractivity contribution is 5.87. The van der Waals surface area contributed by atoms with Crippen LogP contribution in [0.3, 0.4) is 0 Å². The van der Waals surface area contributed by atoms with E-state index in [4.69, 9.17) is 4.74 Å². The van der Waals surface area contributed by atoms with Gasteiger partial charge in [-0.2, -0.15) is 0 Å². The van der Waals surface area contributed by atoms with E-state index in [2.05, 4.69) is 6.92 Å². The van der Waals surface area contributed by atoms with Gasteiger partial charge in [0.1, 0.15) is 12.1 Å². The van der Waals surface area contributed by atoms with Crippen LogP contribution >= 0.6 is 0 Å². The van der Waals surface area contributed by atoms with Crippen LogP contribution < -0.4 is 0 Å². The second kappa shape index (κ2) is 6.18. The lowest BCUT2D eigenvalue weighted by Gasteiger charge is -2.61. The number of carbonyl (C=O) groups excluding carboxylic acids is 2. The molecule has 4 saturated carbocycles. The van der Waals surface area contributed by atoms with Crippen molar-refractivity contribution in [1.29, 1.82) is 0 Å². The largest absolute Gasteiger partial charge is 0.381 e. The normalized spacial score (nSPS) is 52.0. The summed E-state index contributed by atoms with van der Waals surface area (Å²) < 4.78 is 5.76. The lowest BCUT2D eigenvalue weighted by Crippen LogP contribution is -2.56. The number of hydrogen-bond acceptors (Lipinski definition) is 3. The number of hydrogen-bond donors (Lipinski definition) is 0. The SMILES string of the molecule is CO[C@@H]1CC[C@@H]2CC[C@@H]3[C@H](CC[C@]4(C(C)=O)[C@@H](C=O)CC[C@@H]34)[C@@]2(C)C1. The highest BCUT2D eigenvalue weighted by Gasteiger charge is 2.63. The van der Waals surface area contributed by atoms with Crippen molar-refractivity contribution in [3.63, 3.8) is 0 Å². The van der Waals surface area contributed by atoms with Gasteiger partial charge in [0.25, 0.3) is 0 Å². The van der Waals surface area contributed by atoms with E-state index in [-0.39, 0.29) is 17.1 Å². The number of rotatable bonds is 3. The zero-order valence-electron chi connectivity index (χ0n) is 16.1. The fourth-order valence-electron chi connectivity index (χ4n) is 8.11. The van der Waals surface area contributed by atoms with E-state index >= 15 is 0 Å². The number of carbonyl (C=O) groups is 2. The molecule has 0 spiro atoms. The zero-order valence-corrected chi connectivity index (χ0v) is 16.1. The van der Waals surface area contributed by atoms with Gasteiger partial charge in [-0.15, -0.1) is 0 Å². The third-order valence-corrected chi connectivity index (χ3v) is 9.30. The van der Waals surface area contributed by atoms with Gasteiger partial charge in [-0.3, -0.25) is 4.79 Å². The van der Waals surface area contributed by atoms with Crippen LogP contribution in [-0.4, -0.2) is 25.3 Å². The number of Topliss-reactive ketones (excluding diaryl/α,β-unsaturated/α-hetero) is 1. The average Bonchev–Trinajstić information content (AvgIpc) is 3.00. The van der Waals surface area contributed by atoms with Crippen molar-refractivity contribution in [2.75, 3.05) is 7.11 Å². The molecule has 25 heavy (non-hydrogen) atoms. The summed E-state index contributed by atoms with van der Waals surface area (Å²) in [4.78, 5) is 24.5. The minimum atomic E-state index is -0.332. The summed E-state index contributed by atoms with van der Waals surface area (Å²) in [5.74, 6) is 2.88. The molecule has 3 heteroatoms.